The third-order valence-corrected chi connectivity index (χ3v) is 2.78. The average Bonchev–Trinajstić information content (AvgIpc) is 2.88. The Morgan fingerprint density at radius 3 is 3.31 bits per heavy atom. The standard InChI is InChI=1S/C10H12N4O2/c15-10-8-5-14(4-7-2-1-3-16-7)13-9(8)11-6-12-10/h5-7H,1-4H2,(H,11,12,13,15). The number of aromatic amines is 1. The third-order valence-electron chi connectivity index (χ3n) is 2.78. The number of hydrogen-bond donors (Lipinski definition) is 1. The van der Waals surface area contributed by atoms with Gasteiger partial charge < -0.3 is 9.72 Å². The summed E-state index contributed by atoms with van der Waals surface area (Å²) < 4.78 is 7.25. The molecule has 1 saturated heterocycles. The van der Waals surface area contributed by atoms with Gasteiger partial charge in [-0.05, 0) is 12.8 Å². The lowest BCUT2D eigenvalue weighted by Gasteiger charge is -2.07. The van der Waals surface area contributed by atoms with Gasteiger partial charge in [-0.25, -0.2) is 4.98 Å². The van der Waals surface area contributed by atoms with E-state index in [2.05, 4.69) is 15.1 Å². The zero-order valence-corrected chi connectivity index (χ0v) is 8.72. The first-order chi connectivity index (χ1) is 7.83. The molecule has 1 unspecified atom stereocenters. The van der Waals surface area contributed by atoms with Crippen molar-refractivity contribution in [1.82, 2.24) is 19.7 Å². The maximum Gasteiger partial charge on any atom is 0.261 e. The van der Waals surface area contributed by atoms with E-state index in [1.165, 1.54) is 6.33 Å². The third kappa shape index (κ3) is 1.61. The van der Waals surface area contributed by atoms with Gasteiger partial charge in [0.1, 0.15) is 5.39 Å². The van der Waals surface area contributed by atoms with Gasteiger partial charge in [-0.3, -0.25) is 9.48 Å². The van der Waals surface area contributed by atoms with E-state index in [0.717, 1.165) is 19.4 Å². The Balaban J connectivity index is 1.93. The maximum atomic E-state index is 11.4. The molecule has 1 fully saturated rings. The molecule has 1 N–H and O–H groups in total. The fourth-order valence-electron chi connectivity index (χ4n) is 1.99. The van der Waals surface area contributed by atoms with Crippen molar-refractivity contribution in [3.05, 3.63) is 22.9 Å². The molecule has 2 aromatic heterocycles. The smallest absolute Gasteiger partial charge is 0.261 e. The normalized spacial score (nSPS) is 20.6. The van der Waals surface area contributed by atoms with Crippen LogP contribution in [0.3, 0.4) is 0 Å². The summed E-state index contributed by atoms with van der Waals surface area (Å²) in [7, 11) is 0. The first kappa shape index (κ1) is 9.53. The van der Waals surface area contributed by atoms with Gasteiger partial charge >= 0.3 is 0 Å². The number of aromatic nitrogens is 4. The molecule has 6 nitrogen and oxygen atoms in total. The number of fused-ring (bicyclic) bond motifs is 1. The second kappa shape index (κ2) is 3.71. The molecule has 0 aromatic carbocycles. The highest BCUT2D eigenvalue weighted by atomic mass is 16.5. The lowest BCUT2D eigenvalue weighted by molar-refractivity contribution is 0.0942. The highest BCUT2D eigenvalue weighted by Gasteiger charge is 2.17. The molecule has 0 amide bonds. The summed E-state index contributed by atoms with van der Waals surface area (Å²) >= 11 is 0. The first-order valence-corrected chi connectivity index (χ1v) is 5.35. The minimum Gasteiger partial charge on any atom is -0.376 e. The highest BCUT2D eigenvalue weighted by Crippen LogP contribution is 2.14. The second-order valence-electron chi connectivity index (χ2n) is 3.96. The lowest BCUT2D eigenvalue weighted by Crippen LogP contribution is -2.15. The maximum absolute atomic E-state index is 11.4. The molecule has 3 rings (SSSR count). The molecule has 0 saturated carbocycles. The van der Waals surface area contributed by atoms with Crippen molar-refractivity contribution < 1.29 is 4.74 Å². The Labute approximate surface area is 91.3 Å². The van der Waals surface area contributed by atoms with Crippen molar-refractivity contribution in [2.45, 2.75) is 25.5 Å². The van der Waals surface area contributed by atoms with Crippen molar-refractivity contribution in [2.75, 3.05) is 6.61 Å². The van der Waals surface area contributed by atoms with Crippen LogP contribution in [-0.2, 0) is 11.3 Å². The van der Waals surface area contributed by atoms with E-state index in [0.29, 0.717) is 17.6 Å². The molecule has 0 aliphatic carbocycles. The molecule has 3 heterocycles. The summed E-state index contributed by atoms with van der Waals surface area (Å²) in [6, 6.07) is 0. The van der Waals surface area contributed by atoms with Crippen LogP contribution in [0, 0.1) is 0 Å². The van der Waals surface area contributed by atoms with Gasteiger partial charge in [-0.15, -0.1) is 0 Å². The molecule has 2 aromatic rings. The molecular weight excluding hydrogens is 208 g/mol. The molecule has 84 valence electrons. The van der Waals surface area contributed by atoms with Crippen molar-refractivity contribution in [2.24, 2.45) is 0 Å². The Bertz CT molecular complexity index is 553. The van der Waals surface area contributed by atoms with Crippen LogP contribution in [0.15, 0.2) is 17.3 Å². The van der Waals surface area contributed by atoms with Crippen molar-refractivity contribution in [1.29, 1.82) is 0 Å². The molecular formula is C10H12N4O2. The van der Waals surface area contributed by atoms with Crippen LogP contribution in [-0.4, -0.2) is 32.5 Å². The van der Waals surface area contributed by atoms with Gasteiger partial charge in [-0.2, -0.15) is 5.10 Å². The molecule has 0 spiro atoms. The molecule has 0 radical (unpaired) electrons. The molecule has 0 bridgehead atoms. The van der Waals surface area contributed by atoms with Gasteiger partial charge in [0.05, 0.1) is 19.0 Å². The van der Waals surface area contributed by atoms with Crippen LogP contribution in [0.25, 0.3) is 11.0 Å². The van der Waals surface area contributed by atoms with Gasteiger partial charge in [0.25, 0.3) is 5.56 Å². The van der Waals surface area contributed by atoms with E-state index in [1.54, 1.807) is 10.9 Å². The first-order valence-electron chi connectivity index (χ1n) is 5.35. The molecule has 16 heavy (non-hydrogen) atoms. The monoisotopic (exact) mass is 220 g/mol. The fourth-order valence-corrected chi connectivity index (χ4v) is 1.99. The van der Waals surface area contributed by atoms with Crippen molar-refractivity contribution in [3.8, 4) is 0 Å². The largest absolute Gasteiger partial charge is 0.376 e. The predicted molar refractivity (Wildman–Crippen MR) is 57.1 cm³/mol. The fraction of sp³-hybridized carbons (Fsp3) is 0.500. The Morgan fingerprint density at radius 2 is 2.56 bits per heavy atom. The van der Waals surface area contributed by atoms with Gasteiger partial charge in [0.15, 0.2) is 5.65 Å². The topological polar surface area (TPSA) is 72.8 Å². The van der Waals surface area contributed by atoms with Gasteiger partial charge in [0, 0.05) is 12.8 Å². The number of rotatable bonds is 2. The zero-order chi connectivity index (χ0) is 11.0. The number of ether oxygens (including phenoxy) is 1. The summed E-state index contributed by atoms with van der Waals surface area (Å²) in [5.74, 6) is 0. The molecule has 1 aliphatic heterocycles. The molecule has 1 atom stereocenters. The lowest BCUT2D eigenvalue weighted by atomic mass is 10.2. The Kier molecular flexibility index (Phi) is 2.21. The van der Waals surface area contributed by atoms with Crippen molar-refractivity contribution >= 4 is 11.0 Å². The SMILES string of the molecule is O=c1[nH]cnc2nn(CC3CCCO3)cc12. The van der Waals surface area contributed by atoms with Crippen molar-refractivity contribution in [3.63, 3.8) is 0 Å². The zero-order valence-electron chi connectivity index (χ0n) is 8.72. The van der Waals surface area contributed by atoms with Crippen LogP contribution in [0.5, 0.6) is 0 Å². The van der Waals surface area contributed by atoms with Crippen LogP contribution in [0.4, 0.5) is 0 Å². The summed E-state index contributed by atoms with van der Waals surface area (Å²) in [6.45, 7) is 1.51. The minimum absolute atomic E-state index is 0.149. The quantitative estimate of drug-likeness (QED) is 0.790. The summed E-state index contributed by atoms with van der Waals surface area (Å²) in [6.07, 6.45) is 5.47. The van der Waals surface area contributed by atoms with E-state index in [9.17, 15) is 4.79 Å². The number of nitrogens with one attached hydrogen (secondary N) is 1. The second-order valence-corrected chi connectivity index (χ2v) is 3.96. The van der Waals surface area contributed by atoms with Crippen LogP contribution < -0.4 is 5.56 Å². The number of H-pyrrole nitrogens is 1. The molecule has 1 aliphatic rings. The van der Waals surface area contributed by atoms with Gasteiger partial charge in [-0.1, -0.05) is 0 Å². The highest BCUT2D eigenvalue weighted by molar-refractivity contribution is 5.71. The Morgan fingerprint density at radius 1 is 1.62 bits per heavy atom. The summed E-state index contributed by atoms with van der Waals surface area (Å²) in [5.41, 5.74) is 0.338. The van der Waals surface area contributed by atoms with E-state index < -0.39 is 0 Å². The Hall–Kier alpha value is -1.69. The molecule has 6 heteroatoms. The van der Waals surface area contributed by atoms with E-state index in [4.69, 9.17) is 4.74 Å². The average molecular weight is 220 g/mol. The van der Waals surface area contributed by atoms with Crippen LogP contribution in [0.1, 0.15) is 12.8 Å². The summed E-state index contributed by atoms with van der Waals surface area (Å²) in [5, 5.41) is 4.77. The number of hydrogen-bond acceptors (Lipinski definition) is 4. The van der Waals surface area contributed by atoms with E-state index >= 15 is 0 Å². The van der Waals surface area contributed by atoms with E-state index in [-0.39, 0.29) is 11.7 Å². The minimum atomic E-state index is -0.149. The van der Waals surface area contributed by atoms with Crippen LogP contribution >= 0.6 is 0 Å². The number of nitrogens with zero attached hydrogens (tertiary/aromatic N) is 3. The van der Waals surface area contributed by atoms with E-state index in [1.807, 2.05) is 0 Å². The predicted octanol–water partition coefficient (Wildman–Crippen LogP) is 0.299. The van der Waals surface area contributed by atoms with Gasteiger partial charge in [0.2, 0.25) is 0 Å². The van der Waals surface area contributed by atoms with Crippen LogP contribution in [0.2, 0.25) is 0 Å². The summed E-state index contributed by atoms with van der Waals surface area (Å²) in [4.78, 5) is 18.0.